The predicted molar refractivity (Wildman–Crippen MR) is 150 cm³/mol. The van der Waals surface area contributed by atoms with E-state index >= 15 is 0 Å². The molecular formula is C30H46FNO3Si. The van der Waals surface area contributed by atoms with Gasteiger partial charge in [0.2, 0.25) is 0 Å². The lowest BCUT2D eigenvalue weighted by Crippen LogP contribution is -2.47. The Morgan fingerprint density at radius 2 is 1.69 bits per heavy atom. The van der Waals surface area contributed by atoms with Gasteiger partial charge in [-0.05, 0) is 80.1 Å². The van der Waals surface area contributed by atoms with E-state index in [1.165, 1.54) is 6.07 Å². The number of hydrogen-bond donors (Lipinski definition) is 0. The Hall–Kier alpha value is -2.08. The third-order valence-electron chi connectivity index (χ3n) is 7.63. The Morgan fingerprint density at radius 1 is 1.08 bits per heavy atom. The number of aromatic nitrogens is 1. The molecule has 0 aliphatic heterocycles. The van der Waals surface area contributed by atoms with Crippen LogP contribution in [0.15, 0.2) is 30.0 Å². The molecule has 0 spiro atoms. The van der Waals surface area contributed by atoms with Crippen LogP contribution in [0.1, 0.15) is 106 Å². The Labute approximate surface area is 218 Å². The largest absolute Gasteiger partial charge is 0.546 e. The first-order chi connectivity index (χ1) is 16.7. The van der Waals surface area contributed by atoms with E-state index in [0.29, 0.717) is 28.6 Å². The van der Waals surface area contributed by atoms with Crippen molar-refractivity contribution >= 4 is 25.3 Å². The molecule has 1 aliphatic rings. The fourth-order valence-electron chi connectivity index (χ4n) is 6.35. The summed E-state index contributed by atoms with van der Waals surface area (Å²) in [6, 6.07) is 4.71. The molecule has 1 aromatic heterocycles. The van der Waals surface area contributed by atoms with Crippen molar-refractivity contribution in [3.05, 3.63) is 47.1 Å². The SMILES string of the molecule is CCCC1C=C(O[Si](C(C)C)(C(C)C)C(C)C)CCc2c1c1cc(F)ccc1n2C(=O)OC(C)(C)C. The number of rotatable bonds is 7. The number of nitrogens with zero attached hydrogens (tertiary/aromatic N) is 1. The van der Waals surface area contributed by atoms with E-state index in [2.05, 4.69) is 54.5 Å². The lowest BCUT2D eigenvalue weighted by Gasteiger charge is -2.43. The van der Waals surface area contributed by atoms with Gasteiger partial charge in [0.1, 0.15) is 11.4 Å². The number of allylic oxidation sites excluding steroid dienone is 2. The van der Waals surface area contributed by atoms with E-state index in [0.717, 1.165) is 41.7 Å². The number of fused-ring (bicyclic) bond motifs is 3. The van der Waals surface area contributed by atoms with Crippen molar-refractivity contribution < 1.29 is 18.3 Å². The zero-order valence-corrected chi connectivity index (χ0v) is 25.0. The van der Waals surface area contributed by atoms with Gasteiger partial charge in [0.05, 0.1) is 11.3 Å². The highest BCUT2D eigenvalue weighted by Crippen LogP contribution is 2.46. The van der Waals surface area contributed by atoms with Crippen molar-refractivity contribution in [1.29, 1.82) is 0 Å². The summed E-state index contributed by atoms with van der Waals surface area (Å²) < 4.78 is 29.1. The molecule has 1 unspecified atom stereocenters. The summed E-state index contributed by atoms with van der Waals surface area (Å²) in [6.07, 6.45) is 5.13. The zero-order chi connectivity index (χ0) is 27.0. The lowest BCUT2D eigenvalue weighted by atomic mass is 9.92. The van der Waals surface area contributed by atoms with E-state index in [1.807, 2.05) is 20.8 Å². The highest BCUT2D eigenvalue weighted by Gasteiger charge is 2.47. The maximum Gasteiger partial charge on any atom is 0.419 e. The average molecular weight is 516 g/mol. The Morgan fingerprint density at radius 3 is 2.22 bits per heavy atom. The molecule has 1 heterocycles. The molecule has 0 saturated carbocycles. The fraction of sp³-hybridized carbons (Fsp3) is 0.633. The number of carbonyl (C=O) groups is 1. The highest BCUT2D eigenvalue weighted by atomic mass is 28.4. The van der Waals surface area contributed by atoms with Crippen molar-refractivity contribution in [2.75, 3.05) is 0 Å². The first-order valence-corrected chi connectivity index (χ1v) is 15.8. The van der Waals surface area contributed by atoms with Gasteiger partial charge in [-0.1, -0.05) is 54.9 Å². The van der Waals surface area contributed by atoms with Gasteiger partial charge in [-0.15, -0.1) is 0 Å². The molecule has 200 valence electrons. The highest BCUT2D eigenvalue weighted by molar-refractivity contribution is 6.77. The van der Waals surface area contributed by atoms with Crippen LogP contribution in [0, 0.1) is 5.82 Å². The molecule has 6 heteroatoms. The molecule has 2 aromatic rings. The van der Waals surface area contributed by atoms with Gasteiger partial charge in [-0.25, -0.2) is 13.8 Å². The molecule has 0 saturated heterocycles. The summed E-state index contributed by atoms with van der Waals surface area (Å²) in [5.41, 5.74) is 3.46. The van der Waals surface area contributed by atoms with Crippen molar-refractivity contribution in [2.24, 2.45) is 0 Å². The van der Waals surface area contributed by atoms with Crippen molar-refractivity contribution in [3.8, 4) is 0 Å². The first-order valence-electron chi connectivity index (χ1n) is 13.7. The van der Waals surface area contributed by atoms with E-state index in [-0.39, 0.29) is 11.7 Å². The van der Waals surface area contributed by atoms with E-state index in [4.69, 9.17) is 9.16 Å². The quantitative estimate of drug-likeness (QED) is 0.345. The van der Waals surface area contributed by atoms with Gasteiger partial charge in [0.15, 0.2) is 0 Å². The molecule has 1 atom stereocenters. The second kappa shape index (κ2) is 10.7. The summed E-state index contributed by atoms with van der Waals surface area (Å²) in [6.45, 7) is 21.6. The minimum atomic E-state index is -2.13. The van der Waals surface area contributed by atoms with E-state index < -0.39 is 20.0 Å². The van der Waals surface area contributed by atoms with E-state index in [1.54, 1.807) is 16.7 Å². The first kappa shape index (κ1) is 28.5. The number of benzene rings is 1. The van der Waals surface area contributed by atoms with Crippen LogP contribution in [0.25, 0.3) is 10.9 Å². The number of halogens is 1. The van der Waals surface area contributed by atoms with Gasteiger partial charge in [-0.3, -0.25) is 0 Å². The standard InChI is InChI=1S/C30H46FNO3Si/c1-11-12-22-17-24(35-36(19(2)3,20(4)5)21(6)7)14-16-27-28(22)25-18-23(31)13-15-26(25)32(27)29(33)34-30(8,9)10/h13,15,17-22H,11-12,14,16H2,1-10H3. The van der Waals surface area contributed by atoms with Crippen LogP contribution < -0.4 is 0 Å². The smallest absolute Gasteiger partial charge is 0.419 e. The Balaban J connectivity index is 2.19. The second-order valence-corrected chi connectivity index (χ2v) is 17.7. The average Bonchev–Trinajstić information content (AvgIpc) is 2.95. The fourth-order valence-corrected chi connectivity index (χ4v) is 11.7. The predicted octanol–water partition coefficient (Wildman–Crippen LogP) is 9.47. The van der Waals surface area contributed by atoms with Crippen LogP contribution in [0.2, 0.25) is 16.6 Å². The van der Waals surface area contributed by atoms with Crippen LogP contribution in [0.3, 0.4) is 0 Å². The van der Waals surface area contributed by atoms with Gasteiger partial charge in [-0.2, -0.15) is 0 Å². The number of ether oxygens (including phenoxy) is 1. The Bertz CT molecular complexity index is 1100. The zero-order valence-electron chi connectivity index (χ0n) is 24.0. The van der Waals surface area contributed by atoms with Crippen LogP contribution in [-0.4, -0.2) is 24.6 Å². The molecule has 36 heavy (non-hydrogen) atoms. The van der Waals surface area contributed by atoms with Crippen molar-refractivity contribution in [3.63, 3.8) is 0 Å². The summed E-state index contributed by atoms with van der Waals surface area (Å²) >= 11 is 0. The number of hydrogen-bond acceptors (Lipinski definition) is 3. The monoisotopic (exact) mass is 515 g/mol. The molecule has 1 aliphatic carbocycles. The molecule has 1 aromatic carbocycles. The molecule has 0 fully saturated rings. The molecule has 4 nitrogen and oxygen atoms in total. The van der Waals surface area contributed by atoms with Crippen LogP contribution in [-0.2, 0) is 15.6 Å². The normalized spacial score (nSPS) is 16.9. The van der Waals surface area contributed by atoms with Crippen molar-refractivity contribution in [2.45, 2.75) is 123 Å². The minimum Gasteiger partial charge on any atom is -0.546 e. The maximum atomic E-state index is 14.5. The van der Waals surface area contributed by atoms with Gasteiger partial charge in [0, 0.05) is 23.4 Å². The molecule has 0 amide bonds. The summed E-state index contributed by atoms with van der Waals surface area (Å²) in [5.74, 6) is 0.791. The topological polar surface area (TPSA) is 40.5 Å². The van der Waals surface area contributed by atoms with Gasteiger partial charge in [0.25, 0.3) is 8.32 Å². The maximum absolute atomic E-state index is 14.5. The lowest BCUT2D eigenvalue weighted by molar-refractivity contribution is 0.0540. The minimum absolute atomic E-state index is 0.0497. The second-order valence-electron chi connectivity index (χ2n) is 12.3. The van der Waals surface area contributed by atoms with Crippen LogP contribution >= 0.6 is 0 Å². The molecular weight excluding hydrogens is 469 g/mol. The summed E-state index contributed by atoms with van der Waals surface area (Å²) in [7, 11) is -2.13. The molecule has 0 bridgehead atoms. The van der Waals surface area contributed by atoms with Gasteiger partial charge >= 0.3 is 6.09 Å². The van der Waals surface area contributed by atoms with Crippen LogP contribution in [0.4, 0.5) is 9.18 Å². The third-order valence-corrected chi connectivity index (χ3v) is 13.7. The molecule has 3 rings (SSSR count). The van der Waals surface area contributed by atoms with Crippen LogP contribution in [0.5, 0.6) is 0 Å². The van der Waals surface area contributed by atoms with Crippen molar-refractivity contribution in [1.82, 2.24) is 4.57 Å². The number of carbonyl (C=O) groups excluding carboxylic acids is 1. The molecule has 0 radical (unpaired) electrons. The molecule has 0 N–H and O–H groups in total. The van der Waals surface area contributed by atoms with Gasteiger partial charge < -0.3 is 9.16 Å². The third kappa shape index (κ3) is 5.44. The summed E-state index contributed by atoms with van der Waals surface area (Å²) in [5, 5.41) is 0.798. The Kier molecular flexibility index (Phi) is 8.49. The summed E-state index contributed by atoms with van der Waals surface area (Å²) in [4.78, 5) is 13.5. The van der Waals surface area contributed by atoms with E-state index in [9.17, 15) is 9.18 Å².